The Kier molecular flexibility index (Phi) is 5.96. The fourth-order valence-electron chi connectivity index (χ4n) is 3.18. The Morgan fingerprint density at radius 3 is 2.48 bits per heavy atom. The molecule has 0 bridgehead atoms. The minimum atomic E-state index is -0.375. The molecule has 0 amide bonds. The molecule has 0 unspecified atom stereocenters. The Bertz CT molecular complexity index is 979. The summed E-state index contributed by atoms with van der Waals surface area (Å²) in [5.74, 6) is -0.177. The molecule has 2 aromatic carbocycles. The Morgan fingerprint density at radius 2 is 1.85 bits per heavy atom. The zero-order valence-electron chi connectivity index (χ0n) is 15.2. The first-order valence-electron chi connectivity index (χ1n) is 8.66. The van der Waals surface area contributed by atoms with E-state index in [0.717, 1.165) is 27.8 Å². The highest BCUT2D eigenvalue weighted by atomic mass is 79.9. The maximum Gasteiger partial charge on any atom is 0.310 e. The number of halogens is 1. The molecule has 0 saturated carbocycles. The van der Waals surface area contributed by atoms with Gasteiger partial charge < -0.3 is 14.0 Å². The molecule has 140 valence electrons. The average Bonchev–Trinajstić information content (AvgIpc) is 2.94. The predicted molar refractivity (Wildman–Crippen MR) is 108 cm³/mol. The Morgan fingerprint density at radius 1 is 1.11 bits per heavy atom. The molecule has 0 saturated heterocycles. The lowest BCUT2D eigenvalue weighted by atomic mass is 10.1. The lowest BCUT2D eigenvalue weighted by Crippen LogP contribution is -2.09. The lowest BCUT2D eigenvalue weighted by Gasteiger charge is -2.11. The van der Waals surface area contributed by atoms with Crippen LogP contribution in [0.4, 0.5) is 0 Å². The maximum atomic E-state index is 12.2. The summed E-state index contributed by atoms with van der Waals surface area (Å²) in [7, 11) is 0. The number of esters is 2. The van der Waals surface area contributed by atoms with Crippen LogP contribution in [0.3, 0.4) is 0 Å². The third kappa shape index (κ3) is 4.06. The van der Waals surface area contributed by atoms with Gasteiger partial charge in [-0.3, -0.25) is 9.59 Å². The van der Waals surface area contributed by atoms with E-state index in [1.807, 2.05) is 42.5 Å². The van der Waals surface area contributed by atoms with Gasteiger partial charge in [0.2, 0.25) is 0 Å². The van der Waals surface area contributed by atoms with Crippen LogP contribution >= 0.6 is 15.9 Å². The van der Waals surface area contributed by atoms with E-state index in [-0.39, 0.29) is 18.4 Å². The van der Waals surface area contributed by atoms with Gasteiger partial charge in [0.1, 0.15) is 5.75 Å². The molecule has 6 heteroatoms. The Balaban J connectivity index is 2.25. The van der Waals surface area contributed by atoms with Crippen molar-refractivity contribution in [3.8, 4) is 11.4 Å². The van der Waals surface area contributed by atoms with E-state index in [1.165, 1.54) is 6.92 Å². The van der Waals surface area contributed by atoms with Crippen LogP contribution in [0.25, 0.3) is 16.6 Å². The van der Waals surface area contributed by atoms with Crippen molar-refractivity contribution in [2.75, 3.05) is 6.61 Å². The quantitative estimate of drug-likeness (QED) is 0.327. The third-order valence-corrected chi connectivity index (χ3v) is 4.71. The SMILES string of the molecule is CCOC(=O)Cc1c(CBr)n(-c2ccccc2)c2cc(OC(C)=O)ccc12. The number of carbonyl (C=O) groups is 2. The summed E-state index contributed by atoms with van der Waals surface area (Å²) in [5.41, 5.74) is 3.70. The van der Waals surface area contributed by atoms with Gasteiger partial charge >= 0.3 is 11.9 Å². The highest BCUT2D eigenvalue weighted by Crippen LogP contribution is 2.34. The molecule has 27 heavy (non-hydrogen) atoms. The van der Waals surface area contributed by atoms with E-state index < -0.39 is 0 Å². The second-order valence-electron chi connectivity index (χ2n) is 5.98. The fourth-order valence-corrected chi connectivity index (χ4v) is 3.77. The molecule has 0 radical (unpaired) electrons. The smallest absolute Gasteiger partial charge is 0.310 e. The van der Waals surface area contributed by atoms with Crippen LogP contribution in [0.2, 0.25) is 0 Å². The highest BCUT2D eigenvalue weighted by molar-refractivity contribution is 9.08. The van der Waals surface area contributed by atoms with Gasteiger partial charge in [-0.15, -0.1) is 0 Å². The molecule has 0 fully saturated rings. The number of hydrogen-bond acceptors (Lipinski definition) is 4. The van der Waals surface area contributed by atoms with E-state index >= 15 is 0 Å². The predicted octanol–water partition coefficient (Wildman–Crippen LogP) is 4.56. The normalized spacial score (nSPS) is 10.8. The number of hydrogen-bond donors (Lipinski definition) is 0. The number of nitrogens with zero attached hydrogens (tertiary/aromatic N) is 1. The van der Waals surface area contributed by atoms with E-state index in [2.05, 4.69) is 20.5 Å². The van der Waals surface area contributed by atoms with Gasteiger partial charge in [0.25, 0.3) is 0 Å². The van der Waals surface area contributed by atoms with Crippen molar-refractivity contribution in [3.05, 3.63) is 59.8 Å². The Labute approximate surface area is 166 Å². The molecule has 0 N–H and O–H groups in total. The summed E-state index contributed by atoms with van der Waals surface area (Å²) in [5, 5.41) is 1.49. The fraction of sp³-hybridized carbons (Fsp3) is 0.238. The molecule has 1 heterocycles. The molecule has 3 rings (SSSR count). The third-order valence-electron chi connectivity index (χ3n) is 4.18. The zero-order chi connectivity index (χ0) is 19.4. The number of carbonyl (C=O) groups excluding carboxylic acids is 2. The topological polar surface area (TPSA) is 57.5 Å². The van der Waals surface area contributed by atoms with Crippen LogP contribution in [0.5, 0.6) is 5.75 Å². The number of benzene rings is 2. The number of para-hydroxylation sites is 1. The zero-order valence-corrected chi connectivity index (χ0v) is 16.8. The van der Waals surface area contributed by atoms with Crippen molar-refractivity contribution in [2.45, 2.75) is 25.6 Å². The van der Waals surface area contributed by atoms with Crippen molar-refractivity contribution < 1.29 is 19.1 Å². The van der Waals surface area contributed by atoms with Gasteiger partial charge in [-0.05, 0) is 36.8 Å². The van der Waals surface area contributed by atoms with E-state index in [1.54, 1.807) is 13.0 Å². The minimum absolute atomic E-state index is 0.179. The number of fused-ring (bicyclic) bond motifs is 1. The monoisotopic (exact) mass is 429 g/mol. The van der Waals surface area contributed by atoms with Gasteiger partial charge in [-0.25, -0.2) is 0 Å². The van der Waals surface area contributed by atoms with Crippen molar-refractivity contribution in [2.24, 2.45) is 0 Å². The number of ether oxygens (including phenoxy) is 2. The number of rotatable bonds is 6. The van der Waals surface area contributed by atoms with Gasteiger partial charge in [-0.2, -0.15) is 0 Å². The summed E-state index contributed by atoms with van der Waals surface area (Å²) < 4.78 is 12.5. The second-order valence-corrected chi connectivity index (χ2v) is 6.54. The van der Waals surface area contributed by atoms with Crippen LogP contribution in [-0.2, 0) is 26.1 Å². The van der Waals surface area contributed by atoms with E-state index in [9.17, 15) is 9.59 Å². The molecular formula is C21H20BrNO4. The summed E-state index contributed by atoms with van der Waals surface area (Å²) in [6, 6.07) is 15.3. The highest BCUT2D eigenvalue weighted by Gasteiger charge is 2.21. The molecule has 0 aliphatic heterocycles. The van der Waals surface area contributed by atoms with Gasteiger partial charge in [0.15, 0.2) is 0 Å². The van der Waals surface area contributed by atoms with Crippen LogP contribution in [0.15, 0.2) is 48.5 Å². The second kappa shape index (κ2) is 8.39. The summed E-state index contributed by atoms with van der Waals surface area (Å²) in [4.78, 5) is 23.5. The molecular weight excluding hydrogens is 410 g/mol. The van der Waals surface area contributed by atoms with E-state index in [0.29, 0.717) is 17.7 Å². The van der Waals surface area contributed by atoms with Gasteiger partial charge in [-0.1, -0.05) is 34.1 Å². The lowest BCUT2D eigenvalue weighted by molar-refractivity contribution is -0.142. The average molecular weight is 430 g/mol. The van der Waals surface area contributed by atoms with Crippen molar-refractivity contribution in [1.29, 1.82) is 0 Å². The molecule has 0 aliphatic rings. The van der Waals surface area contributed by atoms with E-state index in [4.69, 9.17) is 9.47 Å². The first-order chi connectivity index (χ1) is 13.0. The number of aromatic nitrogens is 1. The van der Waals surface area contributed by atoms with Gasteiger partial charge in [0.05, 0.1) is 18.5 Å². The van der Waals surface area contributed by atoms with Crippen LogP contribution in [-0.4, -0.2) is 23.1 Å². The first-order valence-corrected chi connectivity index (χ1v) is 9.79. The summed E-state index contributed by atoms with van der Waals surface area (Å²) in [6.45, 7) is 3.51. The number of alkyl halides is 1. The maximum absolute atomic E-state index is 12.2. The summed E-state index contributed by atoms with van der Waals surface area (Å²) >= 11 is 3.56. The van der Waals surface area contributed by atoms with Crippen molar-refractivity contribution in [3.63, 3.8) is 0 Å². The van der Waals surface area contributed by atoms with Gasteiger partial charge in [0, 0.05) is 35.1 Å². The largest absolute Gasteiger partial charge is 0.466 e. The summed E-state index contributed by atoms with van der Waals surface area (Å²) in [6.07, 6.45) is 0.179. The first kappa shape index (κ1) is 19.2. The Hall–Kier alpha value is -2.60. The standard InChI is InChI=1S/C21H20BrNO4/c1-3-26-21(25)12-18-17-10-9-16(27-14(2)24)11-19(17)23(20(18)13-22)15-7-5-4-6-8-15/h4-11H,3,12-13H2,1-2H3. The molecule has 0 aliphatic carbocycles. The van der Waals surface area contributed by atoms with Crippen molar-refractivity contribution >= 4 is 38.8 Å². The van der Waals surface area contributed by atoms with Crippen molar-refractivity contribution in [1.82, 2.24) is 4.57 Å². The van der Waals surface area contributed by atoms with Crippen LogP contribution in [0.1, 0.15) is 25.1 Å². The molecule has 3 aromatic rings. The molecule has 0 atom stereocenters. The van der Waals surface area contributed by atoms with Crippen LogP contribution < -0.4 is 4.74 Å². The molecule has 0 spiro atoms. The minimum Gasteiger partial charge on any atom is -0.466 e. The molecule has 5 nitrogen and oxygen atoms in total. The van der Waals surface area contributed by atoms with Crippen LogP contribution in [0, 0.1) is 0 Å². The molecule has 1 aromatic heterocycles.